The molecular weight excluding hydrogens is 154 g/mol. The molecule has 0 spiro atoms. The minimum atomic E-state index is -0.0632. The van der Waals surface area contributed by atoms with Gasteiger partial charge in [0, 0.05) is 6.54 Å². The van der Waals surface area contributed by atoms with Gasteiger partial charge < -0.3 is 16.3 Å². The molecular formula is C8H17N3O. The van der Waals surface area contributed by atoms with Crippen LogP contribution in [-0.4, -0.2) is 23.6 Å². The van der Waals surface area contributed by atoms with Crippen LogP contribution in [-0.2, 0) is 0 Å². The highest BCUT2D eigenvalue weighted by Crippen LogP contribution is 1.92. The van der Waals surface area contributed by atoms with Gasteiger partial charge in [-0.1, -0.05) is 24.2 Å². The van der Waals surface area contributed by atoms with Crippen molar-refractivity contribution < 1.29 is 5.21 Å². The minimum absolute atomic E-state index is 0.0632. The molecule has 0 aromatic heterocycles. The van der Waals surface area contributed by atoms with Crippen LogP contribution in [0.4, 0.5) is 0 Å². The third-order valence-corrected chi connectivity index (χ3v) is 1.53. The Kier molecular flexibility index (Phi) is 5.12. The van der Waals surface area contributed by atoms with Gasteiger partial charge in [0.1, 0.15) is 0 Å². The lowest BCUT2D eigenvalue weighted by molar-refractivity contribution is 0.314. The molecule has 4 nitrogen and oxygen atoms in total. The number of amidine groups is 1. The molecule has 0 radical (unpaired) electrons. The van der Waals surface area contributed by atoms with Crippen LogP contribution in [0.25, 0.3) is 0 Å². The molecule has 4 heteroatoms. The van der Waals surface area contributed by atoms with Crippen LogP contribution >= 0.6 is 0 Å². The van der Waals surface area contributed by atoms with E-state index in [0.29, 0.717) is 6.54 Å². The van der Waals surface area contributed by atoms with Crippen molar-refractivity contribution >= 4 is 5.84 Å². The van der Waals surface area contributed by atoms with E-state index in [1.807, 2.05) is 13.8 Å². The first kappa shape index (κ1) is 11.0. The normalized spacial score (nSPS) is 14.3. The third-order valence-electron chi connectivity index (χ3n) is 1.53. The molecule has 0 bridgehead atoms. The summed E-state index contributed by atoms with van der Waals surface area (Å²) in [6.07, 6.45) is 0.795. The van der Waals surface area contributed by atoms with Crippen molar-refractivity contribution in [1.29, 1.82) is 0 Å². The number of nitrogens with zero attached hydrogens (tertiary/aromatic N) is 1. The van der Waals surface area contributed by atoms with Gasteiger partial charge in [0.15, 0.2) is 5.84 Å². The van der Waals surface area contributed by atoms with Crippen LogP contribution in [0.1, 0.15) is 20.3 Å². The summed E-state index contributed by atoms with van der Waals surface area (Å²) in [4.78, 5) is 0. The third kappa shape index (κ3) is 3.98. The van der Waals surface area contributed by atoms with Crippen molar-refractivity contribution in [2.24, 2.45) is 10.9 Å². The van der Waals surface area contributed by atoms with Gasteiger partial charge in [0.25, 0.3) is 0 Å². The summed E-state index contributed by atoms with van der Waals surface area (Å²) in [5.74, 6) is 0.221. The fourth-order valence-corrected chi connectivity index (χ4v) is 0.825. The predicted octanol–water partition coefficient (Wildman–Crippen LogP) is 0.677. The number of oxime groups is 1. The lowest BCUT2D eigenvalue weighted by Gasteiger charge is -2.14. The maximum absolute atomic E-state index is 8.40. The summed E-state index contributed by atoms with van der Waals surface area (Å²) in [6.45, 7) is 8.32. The van der Waals surface area contributed by atoms with E-state index in [2.05, 4.69) is 17.1 Å². The molecule has 0 amide bonds. The van der Waals surface area contributed by atoms with Crippen LogP contribution in [0, 0.1) is 0 Å². The molecule has 0 saturated heterocycles. The molecule has 0 aromatic carbocycles. The van der Waals surface area contributed by atoms with Crippen molar-refractivity contribution in [3.8, 4) is 0 Å². The van der Waals surface area contributed by atoms with Crippen molar-refractivity contribution in [3.05, 3.63) is 12.2 Å². The Morgan fingerprint density at radius 2 is 2.33 bits per heavy atom. The van der Waals surface area contributed by atoms with Gasteiger partial charge in [-0.15, -0.1) is 0 Å². The Balaban J connectivity index is 3.92. The molecule has 1 unspecified atom stereocenters. The highest BCUT2D eigenvalue weighted by molar-refractivity contribution is 5.85. The average Bonchev–Trinajstić information content (AvgIpc) is 2.04. The standard InChI is InChI=1S/C8H17N3O/c1-4-7(8(9)11-12)10-5-6(2)3/h7,10,12H,2,4-5H2,1,3H3,(H2,9,11). The largest absolute Gasteiger partial charge is 0.409 e. The molecule has 0 aliphatic heterocycles. The Labute approximate surface area is 73.1 Å². The molecule has 4 N–H and O–H groups in total. The second-order valence-corrected chi connectivity index (χ2v) is 2.82. The Hall–Kier alpha value is -1.03. The van der Waals surface area contributed by atoms with Crippen LogP contribution in [0.15, 0.2) is 17.3 Å². The van der Waals surface area contributed by atoms with Gasteiger partial charge in [-0.05, 0) is 13.3 Å². The summed E-state index contributed by atoms with van der Waals surface area (Å²) in [7, 11) is 0. The van der Waals surface area contributed by atoms with E-state index in [1.54, 1.807) is 0 Å². The van der Waals surface area contributed by atoms with Crippen molar-refractivity contribution in [1.82, 2.24) is 5.32 Å². The van der Waals surface area contributed by atoms with Crippen LogP contribution < -0.4 is 11.1 Å². The minimum Gasteiger partial charge on any atom is -0.409 e. The summed E-state index contributed by atoms with van der Waals surface area (Å²) in [6, 6.07) is -0.0632. The number of nitrogens with one attached hydrogen (secondary N) is 1. The van der Waals surface area contributed by atoms with Gasteiger partial charge in [0.2, 0.25) is 0 Å². The number of rotatable bonds is 5. The van der Waals surface area contributed by atoms with E-state index in [9.17, 15) is 0 Å². The number of hydrogen-bond donors (Lipinski definition) is 3. The maximum Gasteiger partial charge on any atom is 0.156 e. The average molecular weight is 171 g/mol. The Morgan fingerprint density at radius 3 is 2.67 bits per heavy atom. The molecule has 12 heavy (non-hydrogen) atoms. The Morgan fingerprint density at radius 1 is 1.75 bits per heavy atom. The van der Waals surface area contributed by atoms with Gasteiger partial charge in [-0.25, -0.2) is 0 Å². The van der Waals surface area contributed by atoms with Crippen LogP contribution in [0.2, 0.25) is 0 Å². The lowest BCUT2D eigenvalue weighted by Crippen LogP contribution is -2.41. The summed E-state index contributed by atoms with van der Waals surface area (Å²) in [5, 5.41) is 14.4. The topological polar surface area (TPSA) is 70.6 Å². The molecule has 0 rings (SSSR count). The highest BCUT2D eigenvalue weighted by Gasteiger charge is 2.09. The quantitative estimate of drug-likeness (QED) is 0.187. The maximum atomic E-state index is 8.40. The second-order valence-electron chi connectivity index (χ2n) is 2.82. The van der Waals surface area contributed by atoms with Gasteiger partial charge in [-0.2, -0.15) is 0 Å². The predicted molar refractivity (Wildman–Crippen MR) is 50.3 cm³/mol. The zero-order chi connectivity index (χ0) is 9.56. The zero-order valence-corrected chi connectivity index (χ0v) is 7.67. The molecule has 1 atom stereocenters. The molecule has 0 fully saturated rings. The van der Waals surface area contributed by atoms with E-state index in [-0.39, 0.29) is 11.9 Å². The summed E-state index contributed by atoms with van der Waals surface area (Å²) < 4.78 is 0. The zero-order valence-electron chi connectivity index (χ0n) is 7.67. The molecule has 0 saturated carbocycles. The molecule has 0 aliphatic carbocycles. The van der Waals surface area contributed by atoms with Crippen molar-refractivity contribution in [3.63, 3.8) is 0 Å². The number of hydrogen-bond acceptors (Lipinski definition) is 3. The smallest absolute Gasteiger partial charge is 0.156 e. The molecule has 0 aliphatic rings. The van der Waals surface area contributed by atoms with E-state index in [1.165, 1.54) is 0 Å². The highest BCUT2D eigenvalue weighted by atomic mass is 16.4. The number of nitrogens with two attached hydrogens (primary N) is 1. The SMILES string of the molecule is C=C(C)CNC(CC)C(N)=NO. The fourth-order valence-electron chi connectivity index (χ4n) is 0.825. The monoisotopic (exact) mass is 171 g/mol. The molecule has 70 valence electrons. The van der Waals surface area contributed by atoms with E-state index in [4.69, 9.17) is 10.9 Å². The van der Waals surface area contributed by atoms with Gasteiger partial charge in [0.05, 0.1) is 6.04 Å². The fraction of sp³-hybridized carbons (Fsp3) is 0.625. The first-order valence-electron chi connectivity index (χ1n) is 3.97. The first-order valence-corrected chi connectivity index (χ1v) is 3.97. The van der Waals surface area contributed by atoms with Crippen LogP contribution in [0.5, 0.6) is 0 Å². The lowest BCUT2D eigenvalue weighted by atomic mass is 10.2. The summed E-state index contributed by atoms with van der Waals surface area (Å²) >= 11 is 0. The van der Waals surface area contributed by atoms with Crippen molar-refractivity contribution in [2.45, 2.75) is 26.3 Å². The van der Waals surface area contributed by atoms with E-state index >= 15 is 0 Å². The van der Waals surface area contributed by atoms with E-state index in [0.717, 1.165) is 12.0 Å². The van der Waals surface area contributed by atoms with Crippen LogP contribution in [0.3, 0.4) is 0 Å². The Bertz CT molecular complexity index is 177. The first-order chi connectivity index (χ1) is 5.61. The summed E-state index contributed by atoms with van der Waals surface area (Å²) in [5.41, 5.74) is 6.45. The van der Waals surface area contributed by atoms with Gasteiger partial charge in [-0.3, -0.25) is 0 Å². The van der Waals surface area contributed by atoms with Gasteiger partial charge >= 0.3 is 0 Å². The van der Waals surface area contributed by atoms with E-state index < -0.39 is 0 Å². The molecule has 0 aromatic rings. The van der Waals surface area contributed by atoms with Crippen molar-refractivity contribution in [2.75, 3.05) is 6.54 Å². The molecule has 0 heterocycles. The second kappa shape index (κ2) is 5.60.